The second-order valence-electron chi connectivity index (χ2n) is 7.83. The van der Waals surface area contributed by atoms with Gasteiger partial charge in [0.25, 0.3) is 0 Å². The summed E-state index contributed by atoms with van der Waals surface area (Å²) in [4.78, 5) is 15.3. The summed E-state index contributed by atoms with van der Waals surface area (Å²) in [5, 5.41) is 9.20. The van der Waals surface area contributed by atoms with E-state index in [1.54, 1.807) is 24.7 Å². The standard InChI is InChI=1S/C24H24N4O4S/c1-17-15-19(26-33(2,31)32)5-10-22(17)28-21(9-12-24(29)30)8-11-23(28)18-3-6-20(7-4-18)27-14-13-25-16-27/h3-8,10-11,13-16,26H,9,12H2,1-2H3,(H,29,30). The maximum absolute atomic E-state index is 11.6. The Kier molecular flexibility index (Phi) is 6.06. The van der Waals surface area contributed by atoms with Gasteiger partial charge in [0.2, 0.25) is 10.0 Å². The molecule has 0 saturated heterocycles. The van der Waals surface area contributed by atoms with Crippen LogP contribution in [0.5, 0.6) is 0 Å². The summed E-state index contributed by atoms with van der Waals surface area (Å²) in [6, 6.07) is 17.2. The van der Waals surface area contributed by atoms with Gasteiger partial charge in [0.05, 0.1) is 24.7 Å². The number of carboxylic acid groups (broad SMARTS) is 1. The largest absolute Gasteiger partial charge is 0.481 e. The van der Waals surface area contributed by atoms with Gasteiger partial charge in [-0.2, -0.15) is 0 Å². The van der Waals surface area contributed by atoms with E-state index < -0.39 is 16.0 Å². The number of benzene rings is 2. The zero-order valence-corrected chi connectivity index (χ0v) is 19.1. The molecule has 33 heavy (non-hydrogen) atoms. The molecular weight excluding hydrogens is 440 g/mol. The molecule has 0 aliphatic carbocycles. The minimum absolute atomic E-state index is 0.00971. The molecule has 4 rings (SSSR count). The Balaban J connectivity index is 1.77. The van der Waals surface area contributed by atoms with Crippen LogP contribution in [0.2, 0.25) is 0 Å². The van der Waals surface area contributed by atoms with Crippen molar-refractivity contribution in [2.75, 3.05) is 11.0 Å². The highest BCUT2D eigenvalue weighted by Crippen LogP contribution is 2.31. The number of carboxylic acids is 1. The predicted octanol–water partition coefficient (Wildman–Crippen LogP) is 4.03. The molecule has 4 aromatic rings. The number of hydrogen-bond acceptors (Lipinski definition) is 4. The molecule has 170 valence electrons. The number of carbonyl (C=O) groups is 1. The molecule has 9 heteroatoms. The quantitative estimate of drug-likeness (QED) is 0.410. The van der Waals surface area contributed by atoms with Crippen LogP contribution in [0.25, 0.3) is 22.6 Å². The van der Waals surface area contributed by atoms with Crippen molar-refractivity contribution < 1.29 is 18.3 Å². The molecule has 0 bridgehead atoms. The summed E-state index contributed by atoms with van der Waals surface area (Å²) in [6.45, 7) is 1.90. The molecule has 2 heterocycles. The predicted molar refractivity (Wildman–Crippen MR) is 127 cm³/mol. The Bertz CT molecular complexity index is 1390. The van der Waals surface area contributed by atoms with Gasteiger partial charge in [-0.1, -0.05) is 12.1 Å². The van der Waals surface area contributed by atoms with Crippen molar-refractivity contribution in [3.8, 4) is 22.6 Å². The molecule has 0 aliphatic rings. The second-order valence-corrected chi connectivity index (χ2v) is 9.58. The summed E-state index contributed by atoms with van der Waals surface area (Å²) in [7, 11) is -3.39. The number of aliphatic carboxylic acids is 1. The third kappa shape index (κ3) is 5.15. The lowest BCUT2D eigenvalue weighted by molar-refractivity contribution is -0.136. The SMILES string of the molecule is Cc1cc(NS(C)(=O)=O)ccc1-n1c(CCC(=O)O)ccc1-c1ccc(-n2ccnc2)cc1. The van der Waals surface area contributed by atoms with E-state index in [9.17, 15) is 18.3 Å². The number of nitrogens with zero attached hydrogens (tertiary/aromatic N) is 3. The highest BCUT2D eigenvalue weighted by atomic mass is 32.2. The van der Waals surface area contributed by atoms with Crippen molar-refractivity contribution in [3.05, 3.63) is 84.6 Å². The Hall–Kier alpha value is -3.85. The Morgan fingerprint density at radius 1 is 1.09 bits per heavy atom. The van der Waals surface area contributed by atoms with Crippen LogP contribution in [0.1, 0.15) is 17.7 Å². The first-order valence-electron chi connectivity index (χ1n) is 10.3. The topological polar surface area (TPSA) is 106 Å². The van der Waals surface area contributed by atoms with Gasteiger partial charge in [0.1, 0.15) is 0 Å². The first-order chi connectivity index (χ1) is 15.7. The van der Waals surface area contributed by atoms with Crippen LogP contribution in [0.15, 0.2) is 73.3 Å². The summed E-state index contributed by atoms with van der Waals surface area (Å²) >= 11 is 0. The molecule has 0 amide bonds. The van der Waals surface area contributed by atoms with Gasteiger partial charge < -0.3 is 14.2 Å². The van der Waals surface area contributed by atoms with Crippen LogP contribution in [-0.4, -0.2) is 39.9 Å². The minimum atomic E-state index is -3.39. The third-order valence-electron chi connectivity index (χ3n) is 5.26. The van der Waals surface area contributed by atoms with Crippen LogP contribution in [0.3, 0.4) is 0 Å². The molecule has 0 saturated carbocycles. The summed E-state index contributed by atoms with van der Waals surface area (Å²) in [5.74, 6) is -0.863. The van der Waals surface area contributed by atoms with E-state index in [0.29, 0.717) is 12.1 Å². The normalized spacial score (nSPS) is 11.5. The van der Waals surface area contributed by atoms with Crippen molar-refractivity contribution >= 4 is 21.7 Å². The number of aromatic nitrogens is 3. The average Bonchev–Trinajstić information content (AvgIpc) is 3.42. The summed E-state index contributed by atoms with van der Waals surface area (Å²) in [5.41, 5.74) is 5.91. The number of hydrogen-bond donors (Lipinski definition) is 2. The van der Waals surface area contributed by atoms with E-state index in [4.69, 9.17) is 0 Å². The highest BCUT2D eigenvalue weighted by molar-refractivity contribution is 7.92. The lowest BCUT2D eigenvalue weighted by atomic mass is 10.1. The highest BCUT2D eigenvalue weighted by Gasteiger charge is 2.16. The molecule has 2 N–H and O–H groups in total. The fraction of sp³-hybridized carbons (Fsp3) is 0.167. The Labute approximate surface area is 192 Å². The van der Waals surface area contributed by atoms with Crippen LogP contribution >= 0.6 is 0 Å². The van der Waals surface area contributed by atoms with Gasteiger partial charge in [-0.3, -0.25) is 9.52 Å². The van der Waals surface area contributed by atoms with Gasteiger partial charge in [0.15, 0.2) is 0 Å². The number of anilines is 1. The number of aryl methyl sites for hydroxylation is 2. The van der Waals surface area contributed by atoms with Gasteiger partial charge in [0, 0.05) is 35.1 Å². The summed E-state index contributed by atoms with van der Waals surface area (Å²) in [6.07, 6.45) is 6.81. The summed E-state index contributed by atoms with van der Waals surface area (Å²) < 4.78 is 29.7. The first kappa shape index (κ1) is 22.3. The van der Waals surface area contributed by atoms with Crippen molar-refractivity contribution in [2.24, 2.45) is 0 Å². The molecule has 0 spiro atoms. The van der Waals surface area contributed by atoms with Gasteiger partial charge >= 0.3 is 5.97 Å². The number of sulfonamides is 1. The smallest absolute Gasteiger partial charge is 0.303 e. The van der Waals surface area contributed by atoms with Crippen LogP contribution in [0.4, 0.5) is 5.69 Å². The monoisotopic (exact) mass is 464 g/mol. The molecule has 8 nitrogen and oxygen atoms in total. The van der Waals surface area contributed by atoms with Crippen molar-refractivity contribution in [1.29, 1.82) is 0 Å². The van der Waals surface area contributed by atoms with E-state index in [2.05, 4.69) is 9.71 Å². The van der Waals surface area contributed by atoms with Gasteiger partial charge in [-0.25, -0.2) is 13.4 Å². The lowest BCUT2D eigenvalue weighted by Crippen LogP contribution is -2.11. The zero-order valence-electron chi connectivity index (χ0n) is 18.3. The van der Waals surface area contributed by atoms with Gasteiger partial charge in [-0.05, 0) is 66.9 Å². The van der Waals surface area contributed by atoms with Crippen LogP contribution in [-0.2, 0) is 21.2 Å². The van der Waals surface area contributed by atoms with Crippen molar-refractivity contribution in [3.63, 3.8) is 0 Å². The molecule has 0 atom stereocenters. The number of nitrogens with one attached hydrogen (secondary N) is 1. The van der Waals surface area contributed by atoms with Gasteiger partial charge in [-0.15, -0.1) is 0 Å². The van der Waals surface area contributed by atoms with E-state index in [-0.39, 0.29) is 6.42 Å². The van der Waals surface area contributed by atoms with Crippen LogP contribution < -0.4 is 4.72 Å². The molecule has 0 aliphatic heterocycles. The number of imidazole rings is 1. The average molecular weight is 465 g/mol. The maximum atomic E-state index is 11.6. The second kappa shape index (κ2) is 8.95. The first-order valence-corrected chi connectivity index (χ1v) is 12.2. The van der Waals surface area contributed by atoms with E-state index >= 15 is 0 Å². The molecule has 0 fully saturated rings. The molecule has 0 radical (unpaired) electrons. The molecular formula is C24H24N4O4S. The van der Waals surface area contributed by atoms with E-state index in [1.807, 2.05) is 64.7 Å². The van der Waals surface area contributed by atoms with E-state index in [1.165, 1.54) is 0 Å². The maximum Gasteiger partial charge on any atom is 0.303 e. The Morgan fingerprint density at radius 2 is 1.85 bits per heavy atom. The molecule has 2 aromatic heterocycles. The molecule has 2 aromatic carbocycles. The third-order valence-corrected chi connectivity index (χ3v) is 5.87. The van der Waals surface area contributed by atoms with Crippen molar-refractivity contribution in [1.82, 2.24) is 14.1 Å². The molecule has 0 unspecified atom stereocenters. The Morgan fingerprint density at radius 3 is 2.45 bits per heavy atom. The van der Waals surface area contributed by atoms with E-state index in [0.717, 1.165) is 40.1 Å². The minimum Gasteiger partial charge on any atom is -0.481 e. The fourth-order valence-corrected chi connectivity index (χ4v) is 4.37. The fourth-order valence-electron chi connectivity index (χ4n) is 3.82. The van der Waals surface area contributed by atoms with Crippen LogP contribution in [0, 0.1) is 6.92 Å². The number of rotatable bonds is 8. The van der Waals surface area contributed by atoms with Crippen molar-refractivity contribution in [2.45, 2.75) is 19.8 Å². The lowest BCUT2D eigenvalue weighted by Gasteiger charge is -2.17. The zero-order chi connectivity index (χ0) is 23.6.